The fourth-order valence-electron chi connectivity index (χ4n) is 3.00. The lowest BCUT2D eigenvalue weighted by Crippen LogP contribution is -2.46. The highest BCUT2D eigenvalue weighted by Gasteiger charge is 2.26. The fraction of sp³-hybridized carbons (Fsp3) is 0.588. The molecule has 1 aliphatic carbocycles. The van der Waals surface area contributed by atoms with E-state index in [0.29, 0.717) is 5.56 Å². The zero-order valence-electron chi connectivity index (χ0n) is 12.8. The zero-order chi connectivity index (χ0) is 14.7. The van der Waals surface area contributed by atoms with Crippen molar-refractivity contribution >= 4 is 5.97 Å². The Bertz CT molecular complexity index is 491. The third kappa shape index (κ3) is 3.83. The predicted molar refractivity (Wildman–Crippen MR) is 82.2 cm³/mol. The van der Waals surface area contributed by atoms with E-state index < -0.39 is 0 Å². The fourth-order valence-corrected chi connectivity index (χ4v) is 3.00. The molecule has 1 saturated carbocycles. The molecule has 2 fully saturated rings. The summed E-state index contributed by atoms with van der Waals surface area (Å²) < 4.78 is 4.87. The summed E-state index contributed by atoms with van der Waals surface area (Å²) in [4.78, 5) is 16.8. The van der Waals surface area contributed by atoms with Gasteiger partial charge in [-0.25, -0.2) is 4.79 Å². The molecule has 0 radical (unpaired) electrons. The molecule has 1 aromatic rings. The van der Waals surface area contributed by atoms with Crippen molar-refractivity contribution in [3.63, 3.8) is 0 Å². The van der Waals surface area contributed by atoms with Gasteiger partial charge in [0.1, 0.15) is 0 Å². The molecule has 0 bridgehead atoms. The Morgan fingerprint density at radius 1 is 1.14 bits per heavy atom. The van der Waals surface area contributed by atoms with Crippen LogP contribution in [-0.2, 0) is 11.3 Å². The Balaban J connectivity index is 1.56. The van der Waals surface area contributed by atoms with Crippen LogP contribution < -0.4 is 0 Å². The Morgan fingerprint density at radius 2 is 1.81 bits per heavy atom. The maximum absolute atomic E-state index is 11.8. The predicted octanol–water partition coefficient (Wildman–Crippen LogP) is 2.00. The Hall–Kier alpha value is -1.39. The molecular formula is C17H24N2O2. The van der Waals surface area contributed by atoms with Gasteiger partial charge in [-0.15, -0.1) is 0 Å². The van der Waals surface area contributed by atoms with E-state index in [-0.39, 0.29) is 5.97 Å². The zero-order valence-corrected chi connectivity index (χ0v) is 12.8. The van der Waals surface area contributed by atoms with Gasteiger partial charge in [0.05, 0.1) is 12.7 Å². The molecule has 0 atom stereocenters. The van der Waals surface area contributed by atoms with Crippen molar-refractivity contribution in [1.82, 2.24) is 9.80 Å². The molecule has 4 nitrogen and oxygen atoms in total. The quantitative estimate of drug-likeness (QED) is 0.776. The van der Waals surface area contributed by atoms with Gasteiger partial charge >= 0.3 is 5.97 Å². The van der Waals surface area contributed by atoms with Crippen LogP contribution in [0.15, 0.2) is 24.3 Å². The molecule has 1 saturated heterocycles. The third-order valence-corrected chi connectivity index (χ3v) is 4.49. The Morgan fingerprint density at radius 3 is 2.48 bits per heavy atom. The molecule has 1 heterocycles. The number of piperazine rings is 1. The van der Waals surface area contributed by atoms with E-state index >= 15 is 0 Å². The maximum atomic E-state index is 11.8. The first kappa shape index (κ1) is 14.5. The summed E-state index contributed by atoms with van der Waals surface area (Å²) in [6.45, 7) is 6.59. The first-order chi connectivity index (χ1) is 10.3. The number of nitrogens with zero attached hydrogens (tertiary/aromatic N) is 2. The van der Waals surface area contributed by atoms with Gasteiger partial charge in [0.15, 0.2) is 0 Å². The third-order valence-electron chi connectivity index (χ3n) is 4.49. The molecule has 0 N–H and O–H groups in total. The number of carbonyl (C=O) groups excluding carboxylic acids is 1. The van der Waals surface area contributed by atoms with Crippen LogP contribution in [0.5, 0.6) is 0 Å². The summed E-state index contributed by atoms with van der Waals surface area (Å²) in [5.41, 5.74) is 1.76. The van der Waals surface area contributed by atoms with Crippen LogP contribution in [0.2, 0.25) is 0 Å². The minimum atomic E-state index is -0.238. The summed E-state index contributed by atoms with van der Waals surface area (Å²) in [6, 6.07) is 7.77. The van der Waals surface area contributed by atoms with Crippen LogP contribution >= 0.6 is 0 Å². The van der Waals surface area contributed by atoms with Gasteiger partial charge in [0.25, 0.3) is 0 Å². The van der Waals surface area contributed by atoms with E-state index in [1.54, 1.807) is 0 Å². The molecule has 1 aromatic carbocycles. The van der Waals surface area contributed by atoms with Crippen molar-refractivity contribution in [3.8, 4) is 0 Å². The largest absolute Gasteiger partial charge is 0.465 e. The van der Waals surface area contributed by atoms with Gasteiger partial charge in [-0.3, -0.25) is 4.90 Å². The molecule has 3 rings (SSSR count). The van der Waals surface area contributed by atoms with Gasteiger partial charge in [0, 0.05) is 39.3 Å². The van der Waals surface area contributed by atoms with Gasteiger partial charge < -0.3 is 9.64 Å². The van der Waals surface area contributed by atoms with Crippen molar-refractivity contribution in [2.24, 2.45) is 5.92 Å². The second kappa shape index (κ2) is 6.58. The van der Waals surface area contributed by atoms with E-state index in [9.17, 15) is 4.79 Å². The number of benzene rings is 1. The average molecular weight is 288 g/mol. The topological polar surface area (TPSA) is 32.8 Å². The van der Waals surface area contributed by atoms with E-state index in [2.05, 4.69) is 9.80 Å². The van der Waals surface area contributed by atoms with E-state index in [1.807, 2.05) is 24.3 Å². The minimum absolute atomic E-state index is 0.238. The number of rotatable bonds is 5. The summed E-state index contributed by atoms with van der Waals surface area (Å²) in [6.07, 6.45) is 2.85. The Labute approximate surface area is 126 Å². The summed E-state index contributed by atoms with van der Waals surface area (Å²) in [5, 5.41) is 0. The molecular weight excluding hydrogens is 264 g/mol. The second-order valence-electron chi connectivity index (χ2n) is 6.17. The standard InChI is InChI=1S/C17H24N2O2/c1-21-17(20)16-5-3-2-4-15(16)13-19-10-8-18(9-11-19)12-14-6-7-14/h2-5,14H,6-13H2,1H3. The molecule has 2 aliphatic rings. The van der Waals surface area contributed by atoms with Crippen molar-refractivity contribution in [2.45, 2.75) is 19.4 Å². The molecule has 0 unspecified atom stereocenters. The molecule has 114 valence electrons. The number of methoxy groups -OCH3 is 1. The van der Waals surface area contributed by atoms with Crippen molar-refractivity contribution < 1.29 is 9.53 Å². The lowest BCUT2D eigenvalue weighted by atomic mass is 10.1. The summed E-state index contributed by atoms with van der Waals surface area (Å²) >= 11 is 0. The maximum Gasteiger partial charge on any atom is 0.338 e. The lowest BCUT2D eigenvalue weighted by molar-refractivity contribution is 0.0596. The molecule has 0 aromatic heterocycles. The van der Waals surface area contributed by atoms with Gasteiger partial charge in [-0.1, -0.05) is 18.2 Å². The summed E-state index contributed by atoms with van der Waals surface area (Å²) in [7, 11) is 1.44. The van der Waals surface area contributed by atoms with E-state index in [4.69, 9.17) is 4.74 Å². The molecule has 0 amide bonds. The smallest absolute Gasteiger partial charge is 0.338 e. The minimum Gasteiger partial charge on any atom is -0.465 e. The van der Waals surface area contributed by atoms with Crippen LogP contribution in [0.3, 0.4) is 0 Å². The first-order valence-corrected chi connectivity index (χ1v) is 7.87. The van der Waals surface area contributed by atoms with Crippen molar-refractivity contribution in [2.75, 3.05) is 39.8 Å². The monoisotopic (exact) mass is 288 g/mol. The number of carbonyl (C=O) groups is 1. The van der Waals surface area contributed by atoms with Gasteiger partial charge in [0.2, 0.25) is 0 Å². The van der Waals surface area contributed by atoms with Crippen LogP contribution in [0.1, 0.15) is 28.8 Å². The van der Waals surface area contributed by atoms with Crippen molar-refractivity contribution in [1.29, 1.82) is 0 Å². The van der Waals surface area contributed by atoms with E-state index in [0.717, 1.165) is 44.2 Å². The molecule has 0 spiro atoms. The molecule has 1 aliphatic heterocycles. The first-order valence-electron chi connectivity index (χ1n) is 7.87. The highest BCUT2D eigenvalue weighted by atomic mass is 16.5. The second-order valence-corrected chi connectivity index (χ2v) is 6.17. The van der Waals surface area contributed by atoms with Crippen LogP contribution in [0, 0.1) is 5.92 Å². The van der Waals surface area contributed by atoms with Gasteiger partial charge in [-0.2, -0.15) is 0 Å². The van der Waals surface area contributed by atoms with Crippen molar-refractivity contribution in [3.05, 3.63) is 35.4 Å². The molecule has 21 heavy (non-hydrogen) atoms. The number of hydrogen-bond donors (Lipinski definition) is 0. The normalized spacial score (nSPS) is 20.4. The summed E-state index contributed by atoms with van der Waals surface area (Å²) in [5.74, 6) is 0.731. The average Bonchev–Trinajstić information content (AvgIpc) is 3.33. The molecule has 4 heteroatoms. The number of esters is 1. The van der Waals surface area contributed by atoms with Gasteiger partial charge in [-0.05, 0) is 30.4 Å². The highest BCUT2D eigenvalue weighted by molar-refractivity contribution is 5.90. The number of ether oxygens (including phenoxy) is 1. The lowest BCUT2D eigenvalue weighted by Gasteiger charge is -2.35. The SMILES string of the molecule is COC(=O)c1ccccc1CN1CCN(CC2CC2)CC1. The van der Waals surface area contributed by atoms with Crippen LogP contribution in [-0.4, -0.2) is 55.6 Å². The number of hydrogen-bond acceptors (Lipinski definition) is 4. The van der Waals surface area contributed by atoms with Crippen LogP contribution in [0.4, 0.5) is 0 Å². The Kier molecular flexibility index (Phi) is 4.56. The van der Waals surface area contributed by atoms with E-state index in [1.165, 1.54) is 26.5 Å². The van der Waals surface area contributed by atoms with Crippen LogP contribution in [0.25, 0.3) is 0 Å². The highest BCUT2D eigenvalue weighted by Crippen LogP contribution is 2.30.